The van der Waals surface area contributed by atoms with Gasteiger partial charge < -0.3 is 14.4 Å². The fraction of sp³-hybridized carbons (Fsp3) is 0.412. The molecule has 0 aromatic carbocycles. The minimum atomic E-state index is -0.125. The van der Waals surface area contributed by atoms with Gasteiger partial charge in [-0.25, -0.2) is 4.98 Å². The molecule has 1 aliphatic heterocycles. The third-order valence-electron chi connectivity index (χ3n) is 4.50. The molecule has 0 unspecified atom stereocenters. The zero-order chi connectivity index (χ0) is 16.4. The second kappa shape index (κ2) is 6.52. The van der Waals surface area contributed by atoms with Crippen LogP contribution >= 0.6 is 0 Å². The van der Waals surface area contributed by atoms with Gasteiger partial charge in [0.2, 0.25) is 0 Å². The van der Waals surface area contributed by atoms with Crippen LogP contribution in [0.5, 0.6) is 5.75 Å². The number of amides is 1. The van der Waals surface area contributed by atoms with Crippen molar-refractivity contribution in [3.63, 3.8) is 0 Å². The van der Waals surface area contributed by atoms with E-state index in [9.17, 15) is 4.79 Å². The summed E-state index contributed by atoms with van der Waals surface area (Å²) < 4.78 is 12.0. The van der Waals surface area contributed by atoms with Crippen molar-refractivity contribution >= 4 is 5.91 Å². The maximum atomic E-state index is 12.7. The van der Waals surface area contributed by atoms with Crippen molar-refractivity contribution in [3.05, 3.63) is 48.8 Å². The van der Waals surface area contributed by atoms with E-state index in [1.807, 2.05) is 17.0 Å². The van der Waals surface area contributed by atoms with Gasteiger partial charge in [-0.05, 0) is 25.0 Å². The number of fused-ring (bicyclic) bond motifs is 1. The fourth-order valence-electron chi connectivity index (χ4n) is 3.44. The molecule has 2 aliphatic rings. The van der Waals surface area contributed by atoms with Gasteiger partial charge in [0.25, 0.3) is 5.91 Å². The van der Waals surface area contributed by atoms with Gasteiger partial charge in [0.05, 0.1) is 25.0 Å². The van der Waals surface area contributed by atoms with Crippen molar-refractivity contribution in [1.82, 2.24) is 19.9 Å². The third kappa shape index (κ3) is 2.82. The Kier molecular flexibility index (Phi) is 4.08. The first-order valence-electron chi connectivity index (χ1n) is 8.08. The molecule has 1 amide bonds. The van der Waals surface area contributed by atoms with Crippen LogP contribution in [0.1, 0.15) is 23.3 Å². The van der Waals surface area contributed by atoms with Crippen molar-refractivity contribution in [2.45, 2.75) is 31.1 Å². The van der Waals surface area contributed by atoms with Gasteiger partial charge >= 0.3 is 0 Å². The molecule has 24 heavy (non-hydrogen) atoms. The zero-order valence-corrected chi connectivity index (χ0v) is 13.1. The summed E-state index contributed by atoms with van der Waals surface area (Å²) >= 11 is 0. The lowest BCUT2D eigenvalue weighted by atomic mass is 10.1. The molecule has 7 heteroatoms. The van der Waals surface area contributed by atoms with Crippen molar-refractivity contribution < 1.29 is 14.3 Å². The average molecular weight is 326 g/mol. The molecule has 7 nitrogen and oxygen atoms in total. The smallest absolute Gasteiger partial charge is 0.274 e. The number of aromatic nitrogens is 3. The van der Waals surface area contributed by atoms with E-state index in [0.29, 0.717) is 18.8 Å². The number of pyridine rings is 1. The number of hydrogen-bond acceptors (Lipinski definition) is 6. The molecular formula is C17H18N4O3. The van der Waals surface area contributed by atoms with Gasteiger partial charge in [0, 0.05) is 25.1 Å². The van der Waals surface area contributed by atoms with Gasteiger partial charge in [-0.3, -0.25) is 14.8 Å². The van der Waals surface area contributed by atoms with E-state index < -0.39 is 0 Å². The molecule has 1 saturated carbocycles. The van der Waals surface area contributed by atoms with Crippen molar-refractivity contribution in [1.29, 1.82) is 0 Å². The summed E-state index contributed by atoms with van der Waals surface area (Å²) in [6.07, 6.45) is 9.50. The summed E-state index contributed by atoms with van der Waals surface area (Å²) in [4.78, 5) is 26.7. The Morgan fingerprint density at radius 3 is 2.92 bits per heavy atom. The van der Waals surface area contributed by atoms with E-state index in [0.717, 1.165) is 18.6 Å². The van der Waals surface area contributed by atoms with Crippen molar-refractivity contribution in [3.8, 4) is 5.75 Å². The SMILES string of the molecule is O=C(c1cnccn1)N1CCO[C@H]2[C@@H](Oc3cccnc3)CC[C@@H]21. The average Bonchev–Trinajstić information content (AvgIpc) is 3.06. The minimum Gasteiger partial charge on any atom is -0.486 e. The molecule has 0 spiro atoms. The molecular weight excluding hydrogens is 308 g/mol. The van der Waals surface area contributed by atoms with Crippen LogP contribution < -0.4 is 4.74 Å². The molecule has 3 atom stereocenters. The fourth-order valence-corrected chi connectivity index (χ4v) is 3.44. The lowest BCUT2D eigenvalue weighted by Gasteiger charge is -2.38. The molecule has 2 aromatic rings. The Hall–Kier alpha value is -2.54. The van der Waals surface area contributed by atoms with Crippen molar-refractivity contribution in [2.75, 3.05) is 13.2 Å². The van der Waals surface area contributed by atoms with E-state index in [-0.39, 0.29) is 24.2 Å². The third-order valence-corrected chi connectivity index (χ3v) is 4.50. The summed E-state index contributed by atoms with van der Waals surface area (Å²) in [5.74, 6) is 0.632. The monoisotopic (exact) mass is 326 g/mol. The highest BCUT2D eigenvalue weighted by Gasteiger charge is 2.46. The number of morpholine rings is 1. The lowest BCUT2D eigenvalue weighted by Crippen LogP contribution is -2.54. The molecule has 0 radical (unpaired) electrons. The van der Waals surface area contributed by atoms with E-state index in [1.165, 1.54) is 12.4 Å². The number of rotatable bonds is 3. The van der Waals surface area contributed by atoms with Crippen LogP contribution in [0.2, 0.25) is 0 Å². The van der Waals surface area contributed by atoms with Crippen LogP contribution in [0.4, 0.5) is 0 Å². The maximum Gasteiger partial charge on any atom is 0.274 e. The maximum absolute atomic E-state index is 12.7. The second-order valence-corrected chi connectivity index (χ2v) is 5.91. The Balaban J connectivity index is 1.49. The summed E-state index contributed by atoms with van der Waals surface area (Å²) in [5, 5.41) is 0. The summed E-state index contributed by atoms with van der Waals surface area (Å²) in [7, 11) is 0. The Morgan fingerprint density at radius 2 is 2.12 bits per heavy atom. The van der Waals surface area contributed by atoms with Crippen LogP contribution in [0.3, 0.4) is 0 Å². The summed E-state index contributed by atoms with van der Waals surface area (Å²) in [6.45, 7) is 1.07. The van der Waals surface area contributed by atoms with Gasteiger partial charge in [-0.15, -0.1) is 0 Å². The Morgan fingerprint density at radius 1 is 1.21 bits per heavy atom. The van der Waals surface area contributed by atoms with E-state index in [1.54, 1.807) is 18.6 Å². The first-order chi connectivity index (χ1) is 11.8. The molecule has 1 aliphatic carbocycles. The van der Waals surface area contributed by atoms with Gasteiger partial charge in [-0.1, -0.05) is 0 Å². The number of nitrogens with zero attached hydrogens (tertiary/aromatic N) is 4. The van der Waals surface area contributed by atoms with Crippen LogP contribution in [-0.2, 0) is 4.74 Å². The largest absolute Gasteiger partial charge is 0.486 e. The standard InChI is InChI=1S/C17H18N4O3/c22-17(13-11-19-6-7-20-13)21-8-9-23-16-14(21)3-4-15(16)24-12-2-1-5-18-10-12/h1-2,5-7,10-11,14-16H,3-4,8-9H2/t14-,15-,16+/m0/s1. The van der Waals surface area contributed by atoms with E-state index in [2.05, 4.69) is 15.0 Å². The highest BCUT2D eigenvalue weighted by atomic mass is 16.5. The molecule has 4 rings (SSSR count). The topological polar surface area (TPSA) is 77.4 Å². The number of carbonyl (C=O) groups is 1. The lowest BCUT2D eigenvalue weighted by molar-refractivity contribution is -0.0787. The predicted octanol–water partition coefficient (Wildman–Crippen LogP) is 1.32. The first kappa shape index (κ1) is 15.0. The number of ether oxygens (including phenoxy) is 2. The second-order valence-electron chi connectivity index (χ2n) is 5.91. The molecule has 124 valence electrons. The van der Waals surface area contributed by atoms with Crippen LogP contribution in [0, 0.1) is 0 Å². The minimum absolute atomic E-state index is 0.00919. The van der Waals surface area contributed by atoms with Crippen LogP contribution in [0.25, 0.3) is 0 Å². The first-order valence-corrected chi connectivity index (χ1v) is 8.08. The zero-order valence-electron chi connectivity index (χ0n) is 13.1. The van der Waals surface area contributed by atoms with Gasteiger partial charge in [-0.2, -0.15) is 0 Å². The molecule has 2 aromatic heterocycles. The quantitative estimate of drug-likeness (QED) is 0.847. The predicted molar refractivity (Wildman–Crippen MR) is 84.5 cm³/mol. The summed E-state index contributed by atoms with van der Waals surface area (Å²) in [6, 6.07) is 3.73. The highest BCUT2D eigenvalue weighted by Crippen LogP contribution is 2.33. The highest BCUT2D eigenvalue weighted by molar-refractivity contribution is 5.92. The van der Waals surface area contributed by atoms with Crippen LogP contribution in [-0.4, -0.2) is 57.2 Å². The van der Waals surface area contributed by atoms with E-state index in [4.69, 9.17) is 9.47 Å². The summed E-state index contributed by atoms with van der Waals surface area (Å²) in [5.41, 5.74) is 0.370. The Bertz CT molecular complexity index is 697. The molecule has 0 bridgehead atoms. The molecule has 2 fully saturated rings. The molecule has 3 heterocycles. The Labute approximate surface area is 139 Å². The van der Waals surface area contributed by atoms with Crippen molar-refractivity contribution in [2.24, 2.45) is 0 Å². The number of carbonyl (C=O) groups excluding carboxylic acids is 1. The normalized spacial score (nSPS) is 26.0. The van der Waals surface area contributed by atoms with Gasteiger partial charge in [0.1, 0.15) is 23.7 Å². The van der Waals surface area contributed by atoms with Crippen LogP contribution in [0.15, 0.2) is 43.1 Å². The molecule has 0 N–H and O–H groups in total. The number of hydrogen-bond donors (Lipinski definition) is 0. The van der Waals surface area contributed by atoms with E-state index >= 15 is 0 Å². The van der Waals surface area contributed by atoms with Gasteiger partial charge in [0.15, 0.2) is 0 Å². The molecule has 1 saturated heterocycles.